The number of piperazine rings is 1. The second-order valence-corrected chi connectivity index (χ2v) is 7.54. The molecule has 126 valence electrons. The van der Waals surface area contributed by atoms with E-state index in [0.29, 0.717) is 13.1 Å². The quantitative estimate of drug-likeness (QED) is 0.826. The van der Waals surface area contributed by atoms with Gasteiger partial charge in [-0.3, -0.25) is 9.78 Å². The van der Waals surface area contributed by atoms with Gasteiger partial charge in [0.05, 0.1) is 11.1 Å². The fourth-order valence-corrected chi connectivity index (χ4v) is 4.16. The number of hydrogen-bond acceptors (Lipinski definition) is 5. The minimum atomic E-state index is -3.53. The van der Waals surface area contributed by atoms with Crippen molar-refractivity contribution in [2.24, 2.45) is 0 Å². The molecule has 1 amide bonds. The van der Waals surface area contributed by atoms with E-state index in [1.165, 1.54) is 22.9 Å². The fourth-order valence-electron chi connectivity index (χ4n) is 2.63. The van der Waals surface area contributed by atoms with Crippen LogP contribution in [-0.2, 0) is 10.0 Å². The molecule has 2 heterocycles. The molecule has 7 nitrogen and oxygen atoms in total. The van der Waals surface area contributed by atoms with Crippen LogP contribution in [0, 0.1) is 6.92 Å². The molecule has 1 aliphatic heterocycles. The summed E-state index contributed by atoms with van der Waals surface area (Å²) in [5.74, 6) is -0.226. The third kappa shape index (κ3) is 3.29. The number of aryl methyl sites for hydroxylation is 1. The summed E-state index contributed by atoms with van der Waals surface area (Å²) in [6, 6.07) is 6.85. The van der Waals surface area contributed by atoms with Crippen molar-refractivity contribution in [2.45, 2.75) is 11.8 Å². The lowest BCUT2D eigenvalue weighted by Crippen LogP contribution is -2.50. The van der Waals surface area contributed by atoms with E-state index in [0.717, 1.165) is 5.56 Å². The van der Waals surface area contributed by atoms with Crippen LogP contribution in [0.2, 0.25) is 0 Å². The molecule has 0 bridgehead atoms. The van der Waals surface area contributed by atoms with E-state index in [2.05, 4.69) is 9.97 Å². The van der Waals surface area contributed by atoms with Crippen molar-refractivity contribution in [1.29, 1.82) is 0 Å². The molecule has 0 N–H and O–H groups in total. The Bertz CT molecular complexity index is 831. The van der Waals surface area contributed by atoms with Crippen LogP contribution in [0.25, 0.3) is 0 Å². The molecule has 0 unspecified atom stereocenters. The monoisotopic (exact) mass is 346 g/mol. The average Bonchev–Trinajstić information content (AvgIpc) is 2.62. The molecule has 1 aromatic heterocycles. The number of rotatable bonds is 3. The molecule has 1 aromatic carbocycles. The first-order chi connectivity index (χ1) is 11.5. The first kappa shape index (κ1) is 16.5. The highest BCUT2D eigenvalue weighted by Gasteiger charge is 2.30. The smallest absolute Gasteiger partial charge is 0.274 e. The van der Waals surface area contributed by atoms with Crippen molar-refractivity contribution in [3.8, 4) is 0 Å². The van der Waals surface area contributed by atoms with Gasteiger partial charge < -0.3 is 4.90 Å². The Morgan fingerprint density at radius 1 is 1.12 bits per heavy atom. The summed E-state index contributed by atoms with van der Waals surface area (Å²) >= 11 is 0. The molecule has 1 fully saturated rings. The topological polar surface area (TPSA) is 83.5 Å². The third-order valence-corrected chi connectivity index (χ3v) is 5.83. The molecule has 2 aromatic rings. The number of hydrogen-bond donors (Lipinski definition) is 0. The molecule has 8 heteroatoms. The average molecular weight is 346 g/mol. The SMILES string of the molecule is Cc1cccc(S(=O)(=O)N2CCN(C(=O)c3cnccn3)CC2)c1. The van der Waals surface area contributed by atoms with Crippen molar-refractivity contribution in [1.82, 2.24) is 19.2 Å². The van der Waals surface area contributed by atoms with Crippen LogP contribution < -0.4 is 0 Å². The van der Waals surface area contributed by atoms with Crippen LogP contribution in [0.5, 0.6) is 0 Å². The predicted molar refractivity (Wildman–Crippen MR) is 87.9 cm³/mol. The highest BCUT2D eigenvalue weighted by atomic mass is 32.2. The highest BCUT2D eigenvalue weighted by Crippen LogP contribution is 2.19. The van der Waals surface area contributed by atoms with Gasteiger partial charge in [-0.25, -0.2) is 13.4 Å². The second-order valence-electron chi connectivity index (χ2n) is 5.60. The zero-order chi connectivity index (χ0) is 17.2. The van der Waals surface area contributed by atoms with Crippen LogP contribution in [-0.4, -0.2) is 59.7 Å². The summed E-state index contributed by atoms with van der Waals surface area (Å²) < 4.78 is 26.8. The lowest BCUT2D eigenvalue weighted by Gasteiger charge is -2.33. The van der Waals surface area contributed by atoms with Crippen molar-refractivity contribution in [3.05, 3.63) is 54.1 Å². The maximum absolute atomic E-state index is 12.7. The molecule has 1 aliphatic rings. The Morgan fingerprint density at radius 3 is 2.50 bits per heavy atom. The molecule has 24 heavy (non-hydrogen) atoms. The fraction of sp³-hybridized carbons (Fsp3) is 0.312. The number of carbonyl (C=O) groups excluding carboxylic acids is 1. The molecule has 0 aliphatic carbocycles. The Kier molecular flexibility index (Phi) is 4.59. The van der Waals surface area contributed by atoms with Gasteiger partial charge in [-0.1, -0.05) is 12.1 Å². The molecule has 0 saturated carbocycles. The van der Waals surface area contributed by atoms with Gasteiger partial charge in [0.25, 0.3) is 5.91 Å². The van der Waals surface area contributed by atoms with Crippen LogP contribution in [0.4, 0.5) is 0 Å². The van der Waals surface area contributed by atoms with E-state index < -0.39 is 10.0 Å². The minimum Gasteiger partial charge on any atom is -0.335 e. The van der Waals surface area contributed by atoms with E-state index in [4.69, 9.17) is 0 Å². The van der Waals surface area contributed by atoms with Gasteiger partial charge in [0.2, 0.25) is 10.0 Å². The van der Waals surface area contributed by atoms with E-state index in [-0.39, 0.29) is 29.6 Å². The molecule has 1 saturated heterocycles. The number of benzene rings is 1. The summed E-state index contributed by atoms with van der Waals surface area (Å²) in [7, 11) is -3.53. The summed E-state index contributed by atoms with van der Waals surface area (Å²) in [5, 5.41) is 0. The number of amides is 1. The van der Waals surface area contributed by atoms with Gasteiger partial charge in [0.1, 0.15) is 5.69 Å². The van der Waals surface area contributed by atoms with Crippen LogP contribution in [0.15, 0.2) is 47.8 Å². The normalized spacial score (nSPS) is 16.1. The van der Waals surface area contributed by atoms with E-state index in [1.807, 2.05) is 13.0 Å². The second kappa shape index (κ2) is 6.66. The Labute approximate surface area is 141 Å². The van der Waals surface area contributed by atoms with Gasteiger partial charge in [-0.15, -0.1) is 0 Å². The maximum atomic E-state index is 12.7. The van der Waals surface area contributed by atoms with Gasteiger partial charge in [0, 0.05) is 38.6 Å². The lowest BCUT2D eigenvalue weighted by molar-refractivity contribution is 0.0691. The summed E-state index contributed by atoms with van der Waals surface area (Å²) in [5.41, 5.74) is 1.17. The standard InChI is InChI=1S/C16H18N4O3S/c1-13-3-2-4-14(11-13)24(22,23)20-9-7-19(8-10-20)16(21)15-12-17-5-6-18-15/h2-6,11-12H,7-10H2,1H3. The first-order valence-corrected chi connectivity index (χ1v) is 9.04. The van der Waals surface area contributed by atoms with E-state index in [1.54, 1.807) is 23.1 Å². The van der Waals surface area contributed by atoms with E-state index >= 15 is 0 Å². The zero-order valence-corrected chi connectivity index (χ0v) is 14.1. The van der Waals surface area contributed by atoms with Gasteiger partial charge >= 0.3 is 0 Å². The number of sulfonamides is 1. The summed E-state index contributed by atoms with van der Waals surface area (Å²) in [6.45, 7) is 3.06. The highest BCUT2D eigenvalue weighted by molar-refractivity contribution is 7.89. The Balaban J connectivity index is 1.70. The number of aromatic nitrogens is 2. The summed E-state index contributed by atoms with van der Waals surface area (Å²) in [6.07, 6.45) is 4.38. The number of nitrogens with zero attached hydrogens (tertiary/aromatic N) is 4. The van der Waals surface area contributed by atoms with Crippen LogP contribution >= 0.6 is 0 Å². The molecular weight excluding hydrogens is 328 g/mol. The number of carbonyl (C=O) groups is 1. The third-order valence-electron chi connectivity index (χ3n) is 3.94. The van der Waals surface area contributed by atoms with Crippen molar-refractivity contribution >= 4 is 15.9 Å². The first-order valence-electron chi connectivity index (χ1n) is 7.60. The molecule has 0 atom stereocenters. The van der Waals surface area contributed by atoms with Crippen LogP contribution in [0.1, 0.15) is 16.1 Å². The molecular formula is C16H18N4O3S. The lowest BCUT2D eigenvalue weighted by atomic mass is 10.2. The van der Waals surface area contributed by atoms with Gasteiger partial charge in [-0.05, 0) is 24.6 Å². The largest absolute Gasteiger partial charge is 0.335 e. The van der Waals surface area contributed by atoms with Crippen molar-refractivity contribution in [3.63, 3.8) is 0 Å². The van der Waals surface area contributed by atoms with Gasteiger partial charge in [-0.2, -0.15) is 4.31 Å². The van der Waals surface area contributed by atoms with Crippen molar-refractivity contribution < 1.29 is 13.2 Å². The zero-order valence-electron chi connectivity index (χ0n) is 13.3. The van der Waals surface area contributed by atoms with Crippen LogP contribution in [0.3, 0.4) is 0 Å². The van der Waals surface area contributed by atoms with Gasteiger partial charge in [0.15, 0.2) is 0 Å². The Morgan fingerprint density at radius 2 is 1.88 bits per heavy atom. The molecule has 0 radical (unpaired) electrons. The minimum absolute atomic E-state index is 0.226. The molecule has 3 rings (SSSR count). The van der Waals surface area contributed by atoms with Crippen molar-refractivity contribution in [2.75, 3.05) is 26.2 Å². The van der Waals surface area contributed by atoms with E-state index in [9.17, 15) is 13.2 Å². The molecule has 0 spiro atoms. The summed E-state index contributed by atoms with van der Waals surface area (Å²) in [4.78, 5) is 22.1. The maximum Gasteiger partial charge on any atom is 0.274 e. The predicted octanol–water partition coefficient (Wildman–Crippen LogP) is 0.932. The Hall–Kier alpha value is -2.32.